The molecule has 4 rings (SSSR count). The number of aryl methyl sites for hydroxylation is 2. The molecule has 136 valence electrons. The minimum atomic E-state index is -0.215. The minimum absolute atomic E-state index is 0.197. The first-order chi connectivity index (χ1) is 12.1. The maximum absolute atomic E-state index is 6.49. The van der Waals surface area contributed by atoms with E-state index in [2.05, 4.69) is 15.2 Å². The predicted molar refractivity (Wildman–Crippen MR) is 91.1 cm³/mol. The maximum atomic E-state index is 6.49. The molecule has 7 heteroatoms. The molecule has 0 N–H and O–H groups in total. The Morgan fingerprint density at radius 1 is 1.36 bits per heavy atom. The molecule has 0 aromatic carbocycles. The quantitative estimate of drug-likeness (QED) is 0.843. The number of hydrogen-bond donors (Lipinski definition) is 0. The van der Waals surface area contributed by atoms with Gasteiger partial charge in [0, 0.05) is 37.6 Å². The lowest BCUT2D eigenvalue weighted by molar-refractivity contribution is -0.0905. The third kappa shape index (κ3) is 3.63. The van der Waals surface area contributed by atoms with E-state index >= 15 is 0 Å². The average Bonchev–Trinajstić information content (AvgIpc) is 3.27. The number of rotatable bonds is 4. The molecule has 0 bridgehead atoms. The first-order valence-corrected chi connectivity index (χ1v) is 9.01. The molecule has 0 unspecified atom stereocenters. The second kappa shape index (κ2) is 6.90. The average molecular weight is 346 g/mol. The van der Waals surface area contributed by atoms with Crippen molar-refractivity contribution in [2.45, 2.75) is 51.5 Å². The summed E-state index contributed by atoms with van der Waals surface area (Å²) in [5.41, 5.74) is 1.94. The highest BCUT2D eigenvalue weighted by Gasteiger charge is 2.43. The van der Waals surface area contributed by atoms with E-state index in [1.807, 2.05) is 37.0 Å². The molecular weight excluding hydrogens is 320 g/mol. The molecule has 25 heavy (non-hydrogen) atoms. The third-order valence-corrected chi connectivity index (χ3v) is 5.28. The molecule has 0 amide bonds. The van der Waals surface area contributed by atoms with Crippen LogP contribution in [0.15, 0.2) is 23.0 Å². The van der Waals surface area contributed by atoms with Gasteiger partial charge in [0.25, 0.3) is 0 Å². The molecule has 0 saturated carbocycles. The van der Waals surface area contributed by atoms with E-state index in [0.29, 0.717) is 6.61 Å². The van der Waals surface area contributed by atoms with E-state index in [9.17, 15) is 0 Å². The molecular formula is C18H26N4O3. The van der Waals surface area contributed by atoms with E-state index in [0.717, 1.165) is 57.1 Å². The Labute approximate surface area is 147 Å². The van der Waals surface area contributed by atoms with Gasteiger partial charge in [0.1, 0.15) is 11.4 Å². The van der Waals surface area contributed by atoms with Gasteiger partial charge < -0.3 is 14.0 Å². The van der Waals surface area contributed by atoms with Gasteiger partial charge in [0.15, 0.2) is 0 Å². The molecule has 4 heterocycles. The van der Waals surface area contributed by atoms with E-state index in [-0.39, 0.29) is 11.7 Å². The van der Waals surface area contributed by atoms with Gasteiger partial charge in [-0.3, -0.25) is 9.58 Å². The van der Waals surface area contributed by atoms with Crippen LogP contribution in [0.4, 0.5) is 0 Å². The summed E-state index contributed by atoms with van der Waals surface area (Å²) < 4.78 is 19.6. The predicted octanol–water partition coefficient (Wildman–Crippen LogP) is 1.94. The fourth-order valence-corrected chi connectivity index (χ4v) is 3.93. The van der Waals surface area contributed by atoms with Crippen LogP contribution >= 0.6 is 0 Å². The lowest BCUT2D eigenvalue weighted by Crippen LogP contribution is -2.44. The molecule has 0 radical (unpaired) electrons. The van der Waals surface area contributed by atoms with Gasteiger partial charge in [-0.2, -0.15) is 5.10 Å². The molecule has 2 fully saturated rings. The van der Waals surface area contributed by atoms with Crippen LogP contribution in [0, 0.1) is 13.8 Å². The van der Waals surface area contributed by atoms with Gasteiger partial charge in [0.2, 0.25) is 0 Å². The maximum Gasteiger partial charge on any atom is 0.138 e. The van der Waals surface area contributed by atoms with Gasteiger partial charge in [-0.1, -0.05) is 5.16 Å². The number of hydrogen-bond acceptors (Lipinski definition) is 6. The van der Waals surface area contributed by atoms with Crippen molar-refractivity contribution < 1.29 is 14.0 Å². The molecule has 2 aliphatic heterocycles. The Hall–Kier alpha value is -1.70. The summed E-state index contributed by atoms with van der Waals surface area (Å²) in [6, 6.07) is 1.95. The molecule has 2 aromatic rings. The minimum Gasteiger partial charge on any atom is -0.377 e. The summed E-state index contributed by atoms with van der Waals surface area (Å²) in [6.45, 7) is 8.80. The van der Waals surface area contributed by atoms with Crippen LogP contribution in [0.2, 0.25) is 0 Å². The van der Waals surface area contributed by atoms with Crippen molar-refractivity contribution in [1.29, 1.82) is 0 Å². The van der Waals surface area contributed by atoms with Crippen molar-refractivity contribution in [2.75, 3.05) is 26.3 Å². The van der Waals surface area contributed by atoms with Gasteiger partial charge in [-0.05, 0) is 32.8 Å². The summed E-state index contributed by atoms with van der Waals surface area (Å²) in [5.74, 6) is 0.903. The third-order valence-electron chi connectivity index (χ3n) is 5.28. The molecule has 0 aliphatic carbocycles. The Balaban J connectivity index is 1.43. The zero-order valence-corrected chi connectivity index (χ0v) is 15.0. The number of ether oxygens (including phenoxy) is 2. The highest BCUT2D eigenvalue weighted by atomic mass is 16.6. The second-order valence-corrected chi connectivity index (χ2v) is 7.26. The fraction of sp³-hybridized carbons (Fsp3) is 0.667. The van der Waals surface area contributed by atoms with Crippen molar-refractivity contribution in [3.05, 3.63) is 35.5 Å². The van der Waals surface area contributed by atoms with E-state index in [4.69, 9.17) is 14.0 Å². The highest BCUT2D eigenvalue weighted by Crippen LogP contribution is 2.34. The van der Waals surface area contributed by atoms with E-state index < -0.39 is 0 Å². The van der Waals surface area contributed by atoms with Gasteiger partial charge in [0.05, 0.1) is 31.6 Å². The standard InChI is InChI=1S/C18H26N4O3/c1-14-17(15(2)25-20-14)11-21-8-9-23-13-18(12-21)5-4-16(24-18)10-22-7-3-6-19-22/h3,6-7,16H,4-5,8-13H2,1-2H3/t16-,18-/m1/s1. The zero-order valence-electron chi connectivity index (χ0n) is 15.0. The summed E-state index contributed by atoms with van der Waals surface area (Å²) in [5, 5.41) is 8.37. The van der Waals surface area contributed by atoms with Crippen LogP contribution in [0.3, 0.4) is 0 Å². The smallest absolute Gasteiger partial charge is 0.138 e. The van der Waals surface area contributed by atoms with Crippen molar-refractivity contribution in [3.8, 4) is 0 Å². The molecule has 7 nitrogen and oxygen atoms in total. The normalized spacial score (nSPS) is 27.8. The monoisotopic (exact) mass is 346 g/mol. The van der Waals surface area contributed by atoms with Crippen LogP contribution < -0.4 is 0 Å². The van der Waals surface area contributed by atoms with E-state index in [1.165, 1.54) is 5.56 Å². The van der Waals surface area contributed by atoms with Crippen molar-refractivity contribution in [3.63, 3.8) is 0 Å². The van der Waals surface area contributed by atoms with Gasteiger partial charge >= 0.3 is 0 Å². The van der Waals surface area contributed by atoms with Crippen molar-refractivity contribution in [1.82, 2.24) is 19.8 Å². The van der Waals surface area contributed by atoms with E-state index in [1.54, 1.807) is 0 Å². The largest absolute Gasteiger partial charge is 0.377 e. The first kappa shape index (κ1) is 16.8. The van der Waals surface area contributed by atoms with Crippen LogP contribution in [-0.2, 0) is 22.6 Å². The number of nitrogens with zero attached hydrogens (tertiary/aromatic N) is 4. The van der Waals surface area contributed by atoms with Crippen molar-refractivity contribution >= 4 is 0 Å². The highest BCUT2D eigenvalue weighted by molar-refractivity contribution is 5.20. The Bertz CT molecular complexity index is 680. The summed E-state index contributed by atoms with van der Waals surface area (Å²) in [7, 11) is 0. The molecule has 2 atom stereocenters. The Kier molecular flexibility index (Phi) is 4.62. The van der Waals surface area contributed by atoms with Crippen molar-refractivity contribution in [2.24, 2.45) is 0 Å². The van der Waals surface area contributed by atoms with Crippen LogP contribution in [0.5, 0.6) is 0 Å². The first-order valence-electron chi connectivity index (χ1n) is 9.01. The molecule has 1 spiro atoms. The van der Waals surface area contributed by atoms with Crippen LogP contribution in [-0.4, -0.2) is 57.8 Å². The Morgan fingerprint density at radius 2 is 2.28 bits per heavy atom. The van der Waals surface area contributed by atoms with Gasteiger partial charge in [-0.15, -0.1) is 0 Å². The fourth-order valence-electron chi connectivity index (χ4n) is 3.93. The van der Waals surface area contributed by atoms with Crippen LogP contribution in [0.25, 0.3) is 0 Å². The second-order valence-electron chi connectivity index (χ2n) is 7.26. The Morgan fingerprint density at radius 3 is 3.04 bits per heavy atom. The molecule has 2 aromatic heterocycles. The van der Waals surface area contributed by atoms with Gasteiger partial charge in [-0.25, -0.2) is 0 Å². The lowest BCUT2D eigenvalue weighted by Gasteiger charge is -2.32. The molecule has 2 saturated heterocycles. The number of aromatic nitrogens is 3. The SMILES string of the molecule is Cc1noc(C)c1CN1CCOC[C@@]2(CC[C@H](Cn3cccn3)O2)C1. The molecule has 2 aliphatic rings. The topological polar surface area (TPSA) is 65.5 Å². The lowest BCUT2D eigenvalue weighted by atomic mass is 9.99. The summed E-state index contributed by atoms with van der Waals surface area (Å²) in [4.78, 5) is 2.41. The van der Waals surface area contributed by atoms with Crippen LogP contribution in [0.1, 0.15) is 29.9 Å². The summed E-state index contributed by atoms with van der Waals surface area (Å²) in [6.07, 6.45) is 6.06. The zero-order chi connectivity index (χ0) is 17.3. The summed E-state index contributed by atoms with van der Waals surface area (Å²) >= 11 is 0.